The average molecular weight is 262 g/mol. The van der Waals surface area contributed by atoms with Gasteiger partial charge in [0.05, 0.1) is 11.8 Å². The molecule has 2 aromatic heterocycles. The van der Waals surface area contributed by atoms with Crippen LogP contribution in [0.5, 0.6) is 0 Å². The molecule has 1 N–H and O–H groups in total. The molecule has 0 bridgehead atoms. The van der Waals surface area contributed by atoms with E-state index in [0.717, 1.165) is 49.5 Å². The Kier molecular flexibility index (Phi) is 5.15. The van der Waals surface area contributed by atoms with Crippen molar-refractivity contribution in [3.63, 3.8) is 0 Å². The SMILES string of the molecule is CCCCOCCCNc1nccc2c1ncn2C. The largest absolute Gasteiger partial charge is 0.381 e. The van der Waals surface area contributed by atoms with Gasteiger partial charge in [0.1, 0.15) is 5.52 Å². The van der Waals surface area contributed by atoms with Crippen LogP contribution in [0.2, 0.25) is 0 Å². The smallest absolute Gasteiger partial charge is 0.154 e. The molecule has 0 fully saturated rings. The fourth-order valence-electron chi connectivity index (χ4n) is 1.92. The van der Waals surface area contributed by atoms with Crippen molar-refractivity contribution in [3.05, 3.63) is 18.6 Å². The molecule has 0 aromatic carbocycles. The first-order chi connectivity index (χ1) is 9.33. The van der Waals surface area contributed by atoms with Crippen LogP contribution in [0.3, 0.4) is 0 Å². The van der Waals surface area contributed by atoms with Crippen LogP contribution in [0.25, 0.3) is 11.0 Å². The summed E-state index contributed by atoms with van der Waals surface area (Å²) in [6.07, 6.45) is 6.93. The Morgan fingerprint density at radius 3 is 2.95 bits per heavy atom. The number of ether oxygens (including phenoxy) is 1. The summed E-state index contributed by atoms with van der Waals surface area (Å²) in [6, 6.07) is 1.97. The second-order valence-electron chi connectivity index (χ2n) is 4.63. The van der Waals surface area contributed by atoms with Crippen LogP contribution < -0.4 is 5.32 Å². The lowest BCUT2D eigenvalue weighted by Crippen LogP contribution is -2.07. The highest BCUT2D eigenvalue weighted by Gasteiger charge is 2.05. The lowest BCUT2D eigenvalue weighted by Gasteiger charge is -2.07. The number of nitrogens with zero attached hydrogens (tertiary/aromatic N) is 3. The molecule has 2 heterocycles. The van der Waals surface area contributed by atoms with Gasteiger partial charge in [0.2, 0.25) is 0 Å². The van der Waals surface area contributed by atoms with Crippen LogP contribution in [-0.2, 0) is 11.8 Å². The highest BCUT2D eigenvalue weighted by atomic mass is 16.5. The number of nitrogens with one attached hydrogen (secondary N) is 1. The molecule has 5 heteroatoms. The lowest BCUT2D eigenvalue weighted by molar-refractivity contribution is 0.131. The van der Waals surface area contributed by atoms with E-state index in [1.807, 2.05) is 30.2 Å². The summed E-state index contributed by atoms with van der Waals surface area (Å²) >= 11 is 0. The van der Waals surface area contributed by atoms with Crippen LogP contribution in [0.4, 0.5) is 5.82 Å². The number of hydrogen-bond acceptors (Lipinski definition) is 4. The van der Waals surface area contributed by atoms with Gasteiger partial charge in [-0.15, -0.1) is 0 Å². The fraction of sp³-hybridized carbons (Fsp3) is 0.571. The predicted octanol–water partition coefficient (Wildman–Crippen LogP) is 2.59. The van der Waals surface area contributed by atoms with Crippen LogP contribution in [0, 0.1) is 0 Å². The summed E-state index contributed by atoms with van der Waals surface area (Å²) in [4.78, 5) is 8.70. The molecule has 0 aliphatic rings. The maximum Gasteiger partial charge on any atom is 0.154 e. The molecule has 0 spiro atoms. The van der Waals surface area contributed by atoms with Gasteiger partial charge in [-0.2, -0.15) is 0 Å². The minimum Gasteiger partial charge on any atom is -0.381 e. The predicted molar refractivity (Wildman–Crippen MR) is 77.3 cm³/mol. The van der Waals surface area contributed by atoms with E-state index in [2.05, 4.69) is 22.2 Å². The van der Waals surface area contributed by atoms with Gasteiger partial charge in [-0.3, -0.25) is 0 Å². The number of aromatic nitrogens is 3. The van der Waals surface area contributed by atoms with Gasteiger partial charge in [-0.25, -0.2) is 9.97 Å². The van der Waals surface area contributed by atoms with Gasteiger partial charge in [0.25, 0.3) is 0 Å². The monoisotopic (exact) mass is 262 g/mol. The van der Waals surface area contributed by atoms with Crippen LogP contribution >= 0.6 is 0 Å². The Labute approximate surface area is 114 Å². The Morgan fingerprint density at radius 1 is 1.26 bits per heavy atom. The Morgan fingerprint density at radius 2 is 2.11 bits per heavy atom. The summed E-state index contributed by atoms with van der Waals surface area (Å²) in [5.41, 5.74) is 2.02. The Hall–Kier alpha value is -1.62. The maximum absolute atomic E-state index is 5.52. The molecule has 0 unspecified atom stereocenters. The first kappa shape index (κ1) is 13.8. The van der Waals surface area contributed by atoms with Crippen molar-refractivity contribution in [2.75, 3.05) is 25.1 Å². The maximum atomic E-state index is 5.52. The molecule has 0 atom stereocenters. The molecule has 5 nitrogen and oxygen atoms in total. The number of rotatable bonds is 8. The van der Waals surface area contributed by atoms with Crippen LogP contribution in [0.15, 0.2) is 18.6 Å². The van der Waals surface area contributed by atoms with E-state index < -0.39 is 0 Å². The second-order valence-corrected chi connectivity index (χ2v) is 4.63. The summed E-state index contributed by atoms with van der Waals surface area (Å²) in [6.45, 7) is 4.69. The number of anilines is 1. The molecule has 0 aliphatic heterocycles. The number of hydrogen-bond donors (Lipinski definition) is 1. The van der Waals surface area contributed by atoms with Gasteiger partial charge >= 0.3 is 0 Å². The normalized spacial score (nSPS) is 11.1. The molecule has 19 heavy (non-hydrogen) atoms. The highest BCUT2D eigenvalue weighted by Crippen LogP contribution is 2.18. The summed E-state index contributed by atoms with van der Waals surface area (Å²) in [5.74, 6) is 0.853. The summed E-state index contributed by atoms with van der Waals surface area (Å²) in [7, 11) is 1.99. The molecule has 0 aliphatic carbocycles. The fourth-order valence-corrected chi connectivity index (χ4v) is 1.92. The minimum absolute atomic E-state index is 0.797. The van der Waals surface area contributed by atoms with E-state index in [9.17, 15) is 0 Å². The van der Waals surface area contributed by atoms with Gasteiger partial charge in [0.15, 0.2) is 5.82 Å². The van der Waals surface area contributed by atoms with Crippen LogP contribution in [-0.4, -0.2) is 34.3 Å². The number of pyridine rings is 1. The molecule has 0 radical (unpaired) electrons. The van der Waals surface area contributed by atoms with E-state index >= 15 is 0 Å². The third-order valence-corrected chi connectivity index (χ3v) is 3.04. The molecule has 2 rings (SSSR count). The minimum atomic E-state index is 0.797. The number of fused-ring (bicyclic) bond motifs is 1. The molecule has 104 valence electrons. The number of aryl methyl sites for hydroxylation is 1. The molecular weight excluding hydrogens is 240 g/mol. The number of imidazole rings is 1. The van der Waals surface area contributed by atoms with E-state index in [0.29, 0.717) is 0 Å². The lowest BCUT2D eigenvalue weighted by atomic mass is 10.3. The topological polar surface area (TPSA) is 52.0 Å². The average Bonchev–Trinajstić information content (AvgIpc) is 2.81. The van der Waals surface area contributed by atoms with Crippen molar-refractivity contribution < 1.29 is 4.74 Å². The third kappa shape index (κ3) is 3.67. The van der Waals surface area contributed by atoms with Gasteiger partial charge in [0, 0.05) is 33.0 Å². The summed E-state index contributed by atoms with van der Waals surface area (Å²) in [5, 5.41) is 3.32. The second kappa shape index (κ2) is 7.09. The van der Waals surface area contributed by atoms with E-state index in [1.54, 1.807) is 0 Å². The van der Waals surface area contributed by atoms with Crippen molar-refractivity contribution in [2.45, 2.75) is 26.2 Å². The van der Waals surface area contributed by atoms with Crippen molar-refractivity contribution in [2.24, 2.45) is 7.05 Å². The molecule has 0 amide bonds. The zero-order valence-corrected chi connectivity index (χ0v) is 11.7. The van der Waals surface area contributed by atoms with Crippen LogP contribution in [0.1, 0.15) is 26.2 Å². The molecule has 0 saturated carbocycles. The molecule has 0 saturated heterocycles. The standard InChI is InChI=1S/C14H22N4O/c1-3-4-9-19-10-5-7-15-14-13-12(6-8-16-14)18(2)11-17-13/h6,8,11H,3-5,7,9-10H2,1-2H3,(H,15,16). The van der Waals surface area contributed by atoms with Gasteiger partial charge < -0.3 is 14.6 Å². The Bertz CT molecular complexity index is 509. The van der Waals surface area contributed by atoms with Gasteiger partial charge in [-0.1, -0.05) is 13.3 Å². The van der Waals surface area contributed by atoms with Gasteiger partial charge in [-0.05, 0) is 18.9 Å². The molecule has 2 aromatic rings. The van der Waals surface area contributed by atoms with Crippen molar-refractivity contribution in [1.29, 1.82) is 0 Å². The van der Waals surface area contributed by atoms with Crippen molar-refractivity contribution in [3.8, 4) is 0 Å². The highest BCUT2D eigenvalue weighted by molar-refractivity contribution is 5.85. The first-order valence-corrected chi connectivity index (χ1v) is 6.90. The van der Waals surface area contributed by atoms with E-state index in [1.165, 1.54) is 6.42 Å². The van der Waals surface area contributed by atoms with E-state index in [4.69, 9.17) is 4.74 Å². The zero-order chi connectivity index (χ0) is 13.5. The number of unbranched alkanes of at least 4 members (excludes halogenated alkanes) is 1. The third-order valence-electron chi connectivity index (χ3n) is 3.04. The Balaban J connectivity index is 1.79. The van der Waals surface area contributed by atoms with E-state index in [-0.39, 0.29) is 0 Å². The molecular formula is C14H22N4O. The summed E-state index contributed by atoms with van der Waals surface area (Å²) < 4.78 is 7.52. The van der Waals surface area contributed by atoms with Crippen molar-refractivity contribution >= 4 is 16.9 Å². The van der Waals surface area contributed by atoms with Crippen molar-refractivity contribution in [1.82, 2.24) is 14.5 Å². The zero-order valence-electron chi connectivity index (χ0n) is 11.7. The first-order valence-electron chi connectivity index (χ1n) is 6.90. The quantitative estimate of drug-likeness (QED) is 0.743.